The molecule has 0 saturated carbocycles. The third-order valence-corrected chi connectivity index (χ3v) is 5.07. The summed E-state index contributed by atoms with van der Waals surface area (Å²) in [4.78, 5) is 27.8. The summed E-state index contributed by atoms with van der Waals surface area (Å²) in [6.07, 6.45) is 0. The molecule has 1 heterocycles. The second-order valence-electron chi connectivity index (χ2n) is 6.77. The lowest BCUT2D eigenvalue weighted by molar-refractivity contribution is -0.137. The number of nitrogens with zero attached hydrogens (tertiary/aromatic N) is 1. The number of benzene rings is 3. The van der Waals surface area contributed by atoms with Crippen LogP contribution in [-0.4, -0.2) is 23.8 Å². The van der Waals surface area contributed by atoms with E-state index in [0.29, 0.717) is 27.6 Å². The second kappa shape index (κ2) is 8.43. The van der Waals surface area contributed by atoms with Crippen LogP contribution >= 0.6 is 11.6 Å². The van der Waals surface area contributed by atoms with Gasteiger partial charge in [0.25, 0.3) is 11.8 Å². The highest BCUT2D eigenvalue weighted by Gasteiger charge is 2.39. The number of hydrogen-bond acceptors (Lipinski definition) is 4. The van der Waals surface area contributed by atoms with Crippen molar-refractivity contribution in [3.05, 3.63) is 101 Å². The van der Waals surface area contributed by atoms with Crippen LogP contribution in [0.5, 0.6) is 5.75 Å². The van der Waals surface area contributed by atoms with Crippen LogP contribution < -0.4 is 10.1 Å². The number of carbonyl (C=O) groups is 2. The molecule has 1 N–H and O–H groups in total. The fourth-order valence-corrected chi connectivity index (χ4v) is 3.56. The number of ether oxygens (including phenoxy) is 1. The van der Waals surface area contributed by atoms with Crippen molar-refractivity contribution in [1.82, 2.24) is 4.90 Å². The Kier molecular flexibility index (Phi) is 5.55. The van der Waals surface area contributed by atoms with Crippen molar-refractivity contribution < 1.29 is 14.3 Å². The fourth-order valence-electron chi connectivity index (χ4n) is 3.39. The number of carbonyl (C=O) groups excluding carboxylic acids is 2. The maximum Gasteiger partial charge on any atom is 0.278 e. The summed E-state index contributed by atoms with van der Waals surface area (Å²) in [5.74, 6) is -0.232. The molecule has 2 amide bonds. The van der Waals surface area contributed by atoms with Gasteiger partial charge in [-0.3, -0.25) is 14.5 Å². The average Bonchev–Trinajstić information content (AvgIpc) is 2.99. The Morgan fingerprint density at radius 1 is 0.900 bits per heavy atom. The van der Waals surface area contributed by atoms with Gasteiger partial charge in [-0.05, 0) is 29.3 Å². The second-order valence-corrected chi connectivity index (χ2v) is 7.20. The maximum atomic E-state index is 13.3. The first-order chi connectivity index (χ1) is 14.6. The van der Waals surface area contributed by atoms with E-state index in [1.165, 1.54) is 12.0 Å². The van der Waals surface area contributed by atoms with Gasteiger partial charge in [-0.2, -0.15) is 0 Å². The van der Waals surface area contributed by atoms with Crippen LogP contribution in [0.1, 0.15) is 11.1 Å². The van der Waals surface area contributed by atoms with Gasteiger partial charge < -0.3 is 10.1 Å². The fraction of sp³-hybridized carbons (Fsp3) is 0.0833. The average molecular weight is 419 g/mol. The normalized spacial score (nSPS) is 13.7. The van der Waals surface area contributed by atoms with Gasteiger partial charge >= 0.3 is 0 Å². The van der Waals surface area contributed by atoms with Gasteiger partial charge in [-0.25, -0.2) is 0 Å². The molecule has 0 radical (unpaired) electrons. The molecule has 0 spiro atoms. The SMILES string of the molecule is COc1ccc(Cl)cc1NC1=C(c2ccccc2)C(=O)N(Cc2ccccc2)C1=O. The predicted molar refractivity (Wildman–Crippen MR) is 117 cm³/mol. The lowest BCUT2D eigenvalue weighted by Crippen LogP contribution is -2.32. The zero-order valence-electron chi connectivity index (χ0n) is 16.3. The van der Waals surface area contributed by atoms with Gasteiger partial charge in [0.15, 0.2) is 0 Å². The summed E-state index contributed by atoms with van der Waals surface area (Å²) >= 11 is 6.14. The van der Waals surface area contributed by atoms with E-state index in [1.54, 1.807) is 18.2 Å². The molecule has 3 aromatic rings. The van der Waals surface area contributed by atoms with Crippen molar-refractivity contribution in [3.8, 4) is 5.75 Å². The molecule has 4 rings (SSSR count). The standard InChI is InChI=1S/C24H19ClN2O3/c1-30-20-13-12-18(25)14-19(20)26-22-21(17-10-6-3-7-11-17)23(28)27(24(22)29)15-16-8-4-2-5-9-16/h2-14,26H,15H2,1H3. The Labute approximate surface area is 179 Å². The molecule has 0 aliphatic carbocycles. The lowest BCUT2D eigenvalue weighted by Gasteiger charge is -2.16. The Morgan fingerprint density at radius 3 is 2.23 bits per heavy atom. The molecule has 1 aliphatic heterocycles. The molecule has 0 saturated heterocycles. The van der Waals surface area contributed by atoms with E-state index in [-0.39, 0.29) is 18.1 Å². The van der Waals surface area contributed by atoms with Gasteiger partial charge in [0.2, 0.25) is 0 Å². The summed E-state index contributed by atoms with van der Waals surface area (Å²) in [5, 5.41) is 3.59. The molecule has 150 valence electrons. The third-order valence-electron chi connectivity index (χ3n) is 4.84. The van der Waals surface area contributed by atoms with Crippen molar-refractivity contribution >= 4 is 34.7 Å². The largest absolute Gasteiger partial charge is 0.495 e. The summed E-state index contributed by atoms with van der Waals surface area (Å²) in [6, 6.07) is 23.6. The smallest absolute Gasteiger partial charge is 0.278 e. The van der Waals surface area contributed by atoms with Gasteiger partial charge in [0, 0.05) is 5.02 Å². The van der Waals surface area contributed by atoms with Crippen molar-refractivity contribution in [3.63, 3.8) is 0 Å². The van der Waals surface area contributed by atoms with Crippen molar-refractivity contribution in [2.24, 2.45) is 0 Å². The van der Waals surface area contributed by atoms with Crippen molar-refractivity contribution in [2.45, 2.75) is 6.54 Å². The summed E-state index contributed by atoms with van der Waals surface area (Å²) in [5.41, 5.74) is 2.56. The van der Waals surface area contributed by atoms with E-state index >= 15 is 0 Å². The maximum absolute atomic E-state index is 13.3. The molecule has 3 aromatic carbocycles. The third kappa shape index (κ3) is 3.80. The van der Waals surface area contributed by atoms with E-state index in [4.69, 9.17) is 16.3 Å². The molecular weight excluding hydrogens is 400 g/mol. The number of amides is 2. The molecule has 0 unspecified atom stereocenters. The molecule has 5 nitrogen and oxygen atoms in total. The molecule has 0 fully saturated rings. The summed E-state index contributed by atoms with van der Waals surface area (Å²) in [7, 11) is 1.53. The highest BCUT2D eigenvalue weighted by Crippen LogP contribution is 2.35. The van der Waals surface area contributed by atoms with E-state index in [9.17, 15) is 9.59 Å². The summed E-state index contributed by atoms with van der Waals surface area (Å²) < 4.78 is 5.38. The van der Waals surface area contributed by atoms with Gasteiger partial charge in [-0.1, -0.05) is 72.3 Å². The molecule has 6 heteroatoms. The Balaban J connectivity index is 1.77. The minimum atomic E-state index is -0.398. The molecular formula is C24H19ClN2O3. The minimum absolute atomic E-state index is 0.187. The first-order valence-electron chi connectivity index (χ1n) is 9.39. The van der Waals surface area contributed by atoms with Crippen molar-refractivity contribution in [2.75, 3.05) is 12.4 Å². The number of halogens is 1. The van der Waals surface area contributed by atoms with Gasteiger partial charge in [-0.15, -0.1) is 0 Å². The molecule has 1 aliphatic rings. The topological polar surface area (TPSA) is 58.6 Å². The van der Waals surface area contributed by atoms with E-state index in [0.717, 1.165) is 5.56 Å². The van der Waals surface area contributed by atoms with Crippen LogP contribution in [0.4, 0.5) is 5.69 Å². The van der Waals surface area contributed by atoms with Crippen LogP contribution in [0, 0.1) is 0 Å². The van der Waals surface area contributed by atoms with Crippen molar-refractivity contribution in [1.29, 1.82) is 0 Å². The van der Waals surface area contributed by atoms with Crippen LogP contribution in [0.3, 0.4) is 0 Å². The number of rotatable bonds is 6. The zero-order chi connectivity index (χ0) is 21.1. The molecule has 0 bridgehead atoms. The predicted octanol–water partition coefficient (Wildman–Crippen LogP) is 4.74. The summed E-state index contributed by atoms with van der Waals surface area (Å²) in [6.45, 7) is 0.187. The van der Waals surface area contributed by atoms with Gasteiger partial charge in [0.05, 0.1) is 24.9 Å². The van der Waals surface area contributed by atoms with Gasteiger partial charge in [0.1, 0.15) is 11.4 Å². The van der Waals surface area contributed by atoms with Crippen LogP contribution in [0.25, 0.3) is 5.57 Å². The first kappa shape index (κ1) is 19.7. The Morgan fingerprint density at radius 2 is 1.57 bits per heavy atom. The molecule has 0 atom stereocenters. The van der Waals surface area contributed by atoms with E-state index in [2.05, 4.69) is 5.32 Å². The van der Waals surface area contributed by atoms with Crippen LogP contribution in [0.15, 0.2) is 84.6 Å². The first-order valence-corrected chi connectivity index (χ1v) is 9.76. The quantitative estimate of drug-likeness (QED) is 0.587. The number of hydrogen-bond donors (Lipinski definition) is 1. The van der Waals surface area contributed by atoms with E-state index in [1.807, 2.05) is 60.7 Å². The number of anilines is 1. The lowest BCUT2D eigenvalue weighted by atomic mass is 10.0. The number of methoxy groups -OCH3 is 1. The minimum Gasteiger partial charge on any atom is -0.495 e. The number of nitrogens with one attached hydrogen (secondary N) is 1. The zero-order valence-corrected chi connectivity index (χ0v) is 17.0. The van der Waals surface area contributed by atoms with Crippen LogP contribution in [0.2, 0.25) is 5.02 Å². The Hall–Kier alpha value is -3.57. The Bertz CT molecular complexity index is 1130. The van der Waals surface area contributed by atoms with E-state index < -0.39 is 5.91 Å². The highest BCUT2D eigenvalue weighted by atomic mass is 35.5. The van der Waals surface area contributed by atoms with Crippen LogP contribution in [-0.2, 0) is 16.1 Å². The highest BCUT2D eigenvalue weighted by molar-refractivity contribution is 6.36. The number of imide groups is 1. The molecule has 0 aromatic heterocycles. The molecule has 30 heavy (non-hydrogen) atoms. The monoisotopic (exact) mass is 418 g/mol.